The number of anilines is 1. The molecule has 3 amide bonds. The smallest absolute Gasteiger partial charge is 0.247 e. The van der Waals surface area contributed by atoms with Gasteiger partial charge in [0.25, 0.3) is 0 Å². The van der Waals surface area contributed by atoms with Crippen LogP contribution in [0.5, 0.6) is 0 Å². The van der Waals surface area contributed by atoms with Gasteiger partial charge in [0.1, 0.15) is 6.04 Å². The van der Waals surface area contributed by atoms with E-state index in [9.17, 15) is 19.5 Å². The van der Waals surface area contributed by atoms with E-state index >= 15 is 0 Å². The van der Waals surface area contributed by atoms with Gasteiger partial charge in [0, 0.05) is 43.7 Å². The van der Waals surface area contributed by atoms with Crippen LogP contribution in [0.2, 0.25) is 0 Å². The van der Waals surface area contributed by atoms with Gasteiger partial charge in [-0.25, -0.2) is 0 Å². The fraction of sp³-hybridized carbons (Fsp3) is 0.367. The Morgan fingerprint density at radius 1 is 0.895 bits per heavy atom. The number of benzene rings is 2. The van der Waals surface area contributed by atoms with Gasteiger partial charge in [-0.3, -0.25) is 14.4 Å². The summed E-state index contributed by atoms with van der Waals surface area (Å²) >= 11 is 1.58. The summed E-state index contributed by atoms with van der Waals surface area (Å²) in [5.74, 6) is -1.58. The van der Waals surface area contributed by atoms with Gasteiger partial charge in [-0.1, -0.05) is 72.8 Å². The average Bonchev–Trinajstić information content (AvgIpc) is 3.25. The van der Waals surface area contributed by atoms with Crippen molar-refractivity contribution in [2.75, 3.05) is 31.1 Å². The van der Waals surface area contributed by atoms with E-state index < -0.39 is 22.6 Å². The van der Waals surface area contributed by atoms with Gasteiger partial charge in [-0.2, -0.15) is 0 Å². The van der Waals surface area contributed by atoms with Gasteiger partial charge < -0.3 is 19.8 Å². The molecule has 7 nitrogen and oxygen atoms in total. The molecule has 196 valence electrons. The van der Waals surface area contributed by atoms with Gasteiger partial charge in [0.2, 0.25) is 17.7 Å². The first-order valence-electron chi connectivity index (χ1n) is 13.2. The molecule has 6 rings (SSSR count). The molecule has 2 fully saturated rings. The molecule has 5 atom stereocenters. The molecule has 8 heteroatoms. The van der Waals surface area contributed by atoms with E-state index in [1.165, 1.54) is 0 Å². The molecule has 0 radical (unpaired) electrons. The fourth-order valence-electron chi connectivity index (χ4n) is 6.45. The Morgan fingerprint density at radius 3 is 2.37 bits per heavy atom. The van der Waals surface area contributed by atoms with Gasteiger partial charge >= 0.3 is 0 Å². The number of aliphatic hydroxyl groups excluding tert-OH is 1. The number of carbonyl (C=O) groups excluding carboxylic acids is 3. The van der Waals surface area contributed by atoms with Crippen molar-refractivity contribution in [3.63, 3.8) is 0 Å². The molecule has 2 aromatic rings. The molecule has 1 N–H and O–H groups in total. The molecule has 4 aliphatic rings. The molecule has 0 saturated carbocycles. The van der Waals surface area contributed by atoms with E-state index in [2.05, 4.69) is 6.08 Å². The summed E-state index contributed by atoms with van der Waals surface area (Å²) in [6.07, 6.45) is 8.47. The van der Waals surface area contributed by atoms with E-state index in [1.54, 1.807) is 26.5 Å². The summed E-state index contributed by atoms with van der Waals surface area (Å²) in [4.78, 5) is 47.7. The fourth-order valence-corrected chi connectivity index (χ4v) is 8.46. The number of hydrogen-bond acceptors (Lipinski definition) is 5. The number of rotatable bonds is 6. The average molecular weight is 530 g/mol. The highest BCUT2D eigenvalue weighted by Crippen LogP contribution is 2.61. The maximum Gasteiger partial charge on any atom is 0.247 e. The number of hydrogen-bond donors (Lipinski definition) is 1. The van der Waals surface area contributed by atoms with E-state index in [0.29, 0.717) is 26.1 Å². The number of thioether (sulfide) groups is 1. The van der Waals surface area contributed by atoms with Gasteiger partial charge in [-0.05, 0) is 24.1 Å². The molecule has 4 heterocycles. The summed E-state index contributed by atoms with van der Waals surface area (Å²) in [5.41, 5.74) is 1.82. The zero-order valence-electron chi connectivity index (χ0n) is 21.1. The van der Waals surface area contributed by atoms with Crippen molar-refractivity contribution >= 4 is 35.2 Å². The Bertz CT molecular complexity index is 1280. The molecule has 1 spiro atoms. The lowest BCUT2D eigenvalue weighted by atomic mass is 9.78. The number of aliphatic hydroxyl groups is 1. The first-order chi connectivity index (χ1) is 18.5. The first-order valence-corrected chi connectivity index (χ1v) is 14.1. The molecule has 4 aliphatic heterocycles. The molecular formula is C30H31N3O4S. The Balaban J connectivity index is 1.40. The second-order valence-corrected chi connectivity index (χ2v) is 11.8. The molecule has 0 bridgehead atoms. The minimum Gasteiger partial charge on any atom is -0.396 e. The monoisotopic (exact) mass is 529 g/mol. The van der Waals surface area contributed by atoms with Crippen LogP contribution in [0.4, 0.5) is 5.69 Å². The topological polar surface area (TPSA) is 81.2 Å². The van der Waals surface area contributed by atoms with Crippen molar-refractivity contribution in [1.29, 1.82) is 0 Å². The Hall–Kier alpha value is -3.36. The normalized spacial score (nSPS) is 30.2. The largest absolute Gasteiger partial charge is 0.396 e. The molecule has 2 saturated heterocycles. The molecular weight excluding hydrogens is 498 g/mol. The van der Waals surface area contributed by atoms with Crippen LogP contribution in [0.25, 0.3) is 0 Å². The molecule has 2 aromatic carbocycles. The zero-order valence-corrected chi connectivity index (χ0v) is 21.9. The lowest BCUT2D eigenvalue weighted by Crippen LogP contribution is -2.53. The maximum absolute atomic E-state index is 14.2. The second-order valence-electron chi connectivity index (χ2n) is 10.3. The Morgan fingerprint density at radius 2 is 1.63 bits per heavy atom. The lowest BCUT2D eigenvalue weighted by molar-refractivity contribution is -0.143. The lowest BCUT2D eigenvalue weighted by Gasteiger charge is -2.35. The van der Waals surface area contributed by atoms with Gasteiger partial charge in [-0.15, -0.1) is 11.8 Å². The highest BCUT2D eigenvalue weighted by atomic mass is 32.2. The summed E-state index contributed by atoms with van der Waals surface area (Å²) < 4.78 is -0.843. The highest BCUT2D eigenvalue weighted by molar-refractivity contribution is 8.02. The van der Waals surface area contributed by atoms with E-state index in [1.807, 2.05) is 78.9 Å². The quantitative estimate of drug-likeness (QED) is 0.582. The molecule has 38 heavy (non-hydrogen) atoms. The third-order valence-corrected chi connectivity index (χ3v) is 9.83. The van der Waals surface area contributed by atoms with Gasteiger partial charge in [0.15, 0.2) is 0 Å². The minimum atomic E-state index is -0.843. The predicted molar refractivity (Wildman–Crippen MR) is 147 cm³/mol. The van der Waals surface area contributed by atoms with E-state index in [4.69, 9.17) is 0 Å². The third kappa shape index (κ3) is 3.98. The number of amides is 3. The van der Waals surface area contributed by atoms with E-state index in [0.717, 1.165) is 11.3 Å². The first kappa shape index (κ1) is 24.9. The minimum absolute atomic E-state index is 0.0748. The van der Waals surface area contributed by atoms with Gasteiger partial charge in [0.05, 0.1) is 16.6 Å². The summed E-state index contributed by atoms with van der Waals surface area (Å²) in [6, 6.07) is 18.7. The van der Waals surface area contributed by atoms with Crippen LogP contribution in [-0.2, 0) is 20.9 Å². The highest BCUT2D eigenvalue weighted by Gasteiger charge is 2.70. The van der Waals surface area contributed by atoms with Crippen LogP contribution < -0.4 is 4.90 Å². The zero-order chi connectivity index (χ0) is 26.3. The molecule has 0 aromatic heterocycles. The van der Waals surface area contributed by atoms with E-state index in [-0.39, 0.29) is 36.1 Å². The maximum atomic E-state index is 14.2. The van der Waals surface area contributed by atoms with Crippen molar-refractivity contribution in [3.8, 4) is 0 Å². The Kier molecular flexibility index (Phi) is 6.61. The van der Waals surface area contributed by atoms with Crippen molar-refractivity contribution in [3.05, 3.63) is 90.5 Å². The van der Waals surface area contributed by atoms with Crippen molar-refractivity contribution in [2.45, 2.75) is 29.0 Å². The van der Waals surface area contributed by atoms with Crippen molar-refractivity contribution < 1.29 is 19.5 Å². The van der Waals surface area contributed by atoms with Crippen molar-refractivity contribution in [1.82, 2.24) is 9.80 Å². The van der Waals surface area contributed by atoms with Crippen LogP contribution in [0.1, 0.15) is 12.0 Å². The van der Waals surface area contributed by atoms with Crippen LogP contribution in [0.15, 0.2) is 85.0 Å². The standard InChI is InChI=1S/C30H31N3O4S/c34-19-9-18-33-26-29(37)31(20-21-10-3-1-4-11-21)16-8-15-30(26)25(28(33)36)24-23(38-30)14-7-17-32(27(24)35)22-12-5-2-6-13-22/h1-8,10-15,23-26,34H,9,16-20H2/t23-,24+,25+,26?,30+/m1/s1. The molecule has 1 unspecified atom stereocenters. The van der Waals surface area contributed by atoms with Crippen LogP contribution in [0.3, 0.4) is 0 Å². The second kappa shape index (κ2) is 10.1. The SMILES string of the molecule is O=C1C2N(CCCO)C(=O)[C@@H]3[C@H]4C(=O)N(c5ccccc5)CC=C[C@H]4S[C@]23C=CCN1Cc1ccccc1. The number of fused-ring (bicyclic) bond motifs is 2. The predicted octanol–water partition coefficient (Wildman–Crippen LogP) is 2.87. The third-order valence-electron chi connectivity index (χ3n) is 8.08. The number of likely N-dealkylation sites (tertiary alicyclic amines) is 1. The van der Waals surface area contributed by atoms with Crippen molar-refractivity contribution in [2.24, 2.45) is 11.8 Å². The number of carbonyl (C=O) groups is 3. The Labute approximate surface area is 226 Å². The summed E-state index contributed by atoms with van der Waals surface area (Å²) in [6.45, 7) is 1.54. The van der Waals surface area contributed by atoms with Crippen LogP contribution in [0, 0.1) is 11.8 Å². The van der Waals surface area contributed by atoms with Crippen LogP contribution in [-0.4, -0.2) is 74.9 Å². The van der Waals surface area contributed by atoms with Crippen LogP contribution >= 0.6 is 11.8 Å². The summed E-state index contributed by atoms with van der Waals surface area (Å²) in [5, 5.41) is 9.38. The summed E-state index contributed by atoms with van der Waals surface area (Å²) in [7, 11) is 0. The number of para-hydroxylation sites is 1. The molecule has 0 aliphatic carbocycles. The number of nitrogens with zero attached hydrogens (tertiary/aromatic N) is 3.